The third kappa shape index (κ3) is 3.87. The smallest absolute Gasteiger partial charge is 0.287 e. The van der Waals surface area contributed by atoms with Crippen LogP contribution in [0.15, 0.2) is 28.2 Å². The zero-order valence-electron chi connectivity index (χ0n) is 9.67. The molecule has 1 aromatic rings. The van der Waals surface area contributed by atoms with E-state index in [0.29, 0.717) is 12.3 Å². The second kappa shape index (κ2) is 6.23. The molecule has 1 aliphatic rings. The van der Waals surface area contributed by atoms with E-state index in [1.807, 2.05) is 0 Å². The first-order valence-electron chi connectivity index (χ1n) is 5.97. The Labute approximate surface area is 115 Å². The molecule has 3 nitrogen and oxygen atoms in total. The highest BCUT2D eigenvalue weighted by Crippen LogP contribution is 2.19. The number of carbonyl (C=O) groups excluding carboxylic acids is 1. The fourth-order valence-electron chi connectivity index (χ4n) is 1.99. The number of allylic oxidation sites excluding steroid dienone is 1. The molecule has 0 unspecified atom stereocenters. The molecule has 2 rings (SSSR count). The zero-order chi connectivity index (χ0) is 12.1. The van der Waals surface area contributed by atoms with Gasteiger partial charge in [0.1, 0.15) is 0 Å². The molecule has 0 atom stereocenters. The van der Waals surface area contributed by atoms with Crippen LogP contribution in [0.3, 0.4) is 0 Å². The third-order valence-corrected chi connectivity index (χ3v) is 3.49. The lowest BCUT2D eigenvalue weighted by atomic mass is 9.97. The lowest BCUT2D eigenvalue weighted by molar-refractivity contribution is 0.0925. The summed E-state index contributed by atoms with van der Waals surface area (Å²) in [7, 11) is 0. The number of rotatable bonds is 4. The molecule has 0 aliphatic heterocycles. The second-order valence-electron chi connectivity index (χ2n) is 4.22. The molecule has 4 heteroatoms. The van der Waals surface area contributed by atoms with E-state index < -0.39 is 0 Å². The van der Waals surface area contributed by atoms with Crippen LogP contribution in [0.2, 0.25) is 0 Å². The van der Waals surface area contributed by atoms with Gasteiger partial charge < -0.3 is 9.73 Å². The minimum Gasteiger partial charge on any atom is -0.445 e. The van der Waals surface area contributed by atoms with Gasteiger partial charge in [-0.05, 0) is 66.8 Å². The lowest BCUT2D eigenvalue weighted by Gasteiger charge is -2.12. The average Bonchev–Trinajstić information content (AvgIpc) is 2.77. The quantitative estimate of drug-likeness (QED) is 0.670. The van der Waals surface area contributed by atoms with Crippen molar-refractivity contribution in [2.24, 2.45) is 0 Å². The molecule has 0 radical (unpaired) electrons. The van der Waals surface area contributed by atoms with Gasteiger partial charge in [0, 0.05) is 6.54 Å². The fourth-order valence-corrected chi connectivity index (χ4v) is 2.41. The maximum absolute atomic E-state index is 11.7. The summed E-state index contributed by atoms with van der Waals surface area (Å²) in [5.41, 5.74) is 1.48. The summed E-state index contributed by atoms with van der Waals surface area (Å²) in [6, 6.07) is 3.50. The summed E-state index contributed by atoms with van der Waals surface area (Å²) in [6.07, 6.45) is 8.25. The van der Waals surface area contributed by atoms with Gasteiger partial charge in [-0.1, -0.05) is 11.6 Å². The topological polar surface area (TPSA) is 42.2 Å². The summed E-state index contributed by atoms with van der Waals surface area (Å²) in [4.78, 5) is 11.7. The average molecular weight is 345 g/mol. The number of amides is 1. The van der Waals surface area contributed by atoms with Crippen molar-refractivity contribution in [3.8, 4) is 0 Å². The SMILES string of the molecule is O=C(NCCC1=CCCCC1)c1ccc(I)o1. The highest BCUT2D eigenvalue weighted by Gasteiger charge is 2.10. The first-order valence-corrected chi connectivity index (χ1v) is 7.05. The number of carbonyl (C=O) groups is 1. The molecule has 1 N–H and O–H groups in total. The van der Waals surface area contributed by atoms with Gasteiger partial charge in [-0.25, -0.2) is 0 Å². The van der Waals surface area contributed by atoms with Crippen LogP contribution in [0, 0.1) is 3.77 Å². The van der Waals surface area contributed by atoms with Crippen molar-refractivity contribution in [1.82, 2.24) is 5.32 Å². The number of halogens is 1. The normalized spacial score (nSPS) is 15.5. The fraction of sp³-hybridized carbons (Fsp3) is 0.462. The van der Waals surface area contributed by atoms with Crippen molar-refractivity contribution in [2.75, 3.05) is 6.54 Å². The predicted molar refractivity (Wildman–Crippen MR) is 74.9 cm³/mol. The Morgan fingerprint density at radius 2 is 2.29 bits per heavy atom. The second-order valence-corrected chi connectivity index (χ2v) is 5.28. The van der Waals surface area contributed by atoms with E-state index in [-0.39, 0.29) is 5.91 Å². The van der Waals surface area contributed by atoms with E-state index in [1.165, 1.54) is 31.3 Å². The Hall–Kier alpha value is -0.780. The number of hydrogen-bond acceptors (Lipinski definition) is 2. The lowest BCUT2D eigenvalue weighted by Crippen LogP contribution is -2.24. The Kier molecular flexibility index (Phi) is 4.65. The van der Waals surface area contributed by atoms with Gasteiger partial charge in [0.05, 0.1) is 0 Å². The van der Waals surface area contributed by atoms with Crippen LogP contribution in [-0.2, 0) is 0 Å². The van der Waals surface area contributed by atoms with E-state index in [1.54, 1.807) is 12.1 Å². The van der Waals surface area contributed by atoms with Crippen LogP contribution in [0.4, 0.5) is 0 Å². The van der Waals surface area contributed by atoms with Gasteiger partial charge in [-0.15, -0.1) is 0 Å². The van der Waals surface area contributed by atoms with Crippen molar-refractivity contribution >= 4 is 28.5 Å². The molecule has 17 heavy (non-hydrogen) atoms. The number of furan rings is 1. The third-order valence-electron chi connectivity index (χ3n) is 2.91. The molecular weight excluding hydrogens is 329 g/mol. The summed E-state index contributed by atoms with van der Waals surface area (Å²) < 4.78 is 5.99. The Balaban J connectivity index is 1.75. The number of nitrogens with one attached hydrogen (secondary N) is 1. The van der Waals surface area contributed by atoms with Crippen molar-refractivity contribution in [3.63, 3.8) is 0 Å². The summed E-state index contributed by atoms with van der Waals surface area (Å²) in [5.74, 6) is 0.274. The summed E-state index contributed by atoms with van der Waals surface area (Å²) >= 11 is 2.05. The molecule has 0 aromatic carbocycles. The molecule has 92 valence electrons. The Bertz CT molecular complexity index is 423. The van der Waals surface area contributed by atoms with Gasteiger partial charge in [-0.3, -0.25) is 4.79 Å². The minimum atomic E-state index is -0.121. The molecule has 0 bridgehead atoms. The van der Waals surface area contributed by atoms with Crippen molar-refractivity contribution in [1.29, 1.82) is 0 Å². The molecule has 0 saturated heterocycles. The van der Waals surface area contributed by atoms with Gasteiger partial charge in [0.25, 0.3) is 5.91 Å². The van der Waals surface area contributed by atoms with Crippen molar-refractivity contribution in [2.45, 2.75) is 32.1 Å². The van der Waals surface area contributed by atoms with Gasteiger partial charge >= 0.3 is 0 Å². The Morgan fingerprint density at radius 1 is 1.41 bits per heavy atom. The molecular formula is C13H16INO2. The van der Waals surface area contributed by atoms with E-state index >= 15 is 0 Å². The zero-order valence-corrected chi connectivity index (χ0v) is 11.8. The van der Waals surface area contributed by atoms with E-state index in [2.05, 4.69) is 34.0 Å². The van der Waals surface area contributed by atoms with Crippen LogP contribution < -0.4 is 5.32 Å². The first-order chi connectivity index (χ1) is 8.25. The maximum atomic E-state index is 11.7. The molecule has 0 spiro atoms. The molecule has 0 fully saturated rings. The van der Waals surface area contributed by atoms with Crippen molar-refractivity contribution < 1.29 is 9.21 Å². The monoisotopic (exact) mass is 345 g/mol. The molecule has 1 aromatic heterocycles. The Morgan fingerprint density at radius 3 is 2.94 bits per heavy atom. The molecule has 1 aliphatic carbocycles. The molecule has 1 heterocycles. The van der Waals surface area contributed by atoms with Gasteiger partial charge in [-0.2, -0.15) is 0 Å². The first kappa shape index (κ1) is 12.7. The van der Waals surface area contributed by atoms with Crippen LogP contribution in [0.5, 0.6) is 0 Å². The summed E-state index contributed by atoms with van der Waals surface area (Å²) in [5, 5.41) is 2.88. The summed E-state index contributed by atoms with van der Waals surface area (Å²) in [6.45, 7) is 0.696. The highest BCUT2D eigenvalue weighted by atomic mass is 127. The highest BCUT2D eigenvalue weighted by molar-refractivity contribution is 14.1. The van der Waals surface area contributed by atoms with Crippen LogP contribution in [-0.4, -0.2) is 12.5 Å². The maximum Gasteiger partial charge on any atom is 0.287 e. The standard InChI is InChI=1S/C13H16INO2/c14-12-7-6-11(17-12)13(16)15-9-8-10-4-2-1-3-5-10/h4,6-7H,1-3,5,8-9H2,(H,15,16). The predicted octanol–water partition coefficient (Wildman–Crippen LogP) is 3.50. The van der Waals surface area contributed by atoms with E-state index in [9.17, 15) is 4.79 Å². The van der Waals surface area contributed by atoms with Crippen LogP contribution in [0.1, 0.15) is 42.7 Å². The largest absolute Gasteiger partial charge is 0.445 e. The molecule has 1 amide bonds. The van der Waals surface area contributed by atoms with Crippen molar-refractivity contribution in [3.05, 3.63) is 33.3 Å². The van der Waals surface area contributed by atoms with Crippen LogP contribution in [0.25, 0.3) is 0 Å². The van der Waals surface area contributed by atoms with Gasteiger partial charge in [0.15, 0.2) is 9.53 Å². The molecule has 0 saturated carbocycles. The number of hydrogen-bond donors (Lipinski definition) is 1. The van der Waals surface area contributed by atoms with Crippen LogP contribution >= 0.6 is 22.6 Å². The van der Waals surface area contributed by atoms with E-state index in [0.717, 1.165) is 10.2 Å². The van der Waals surface area contributed by atoms with E-state index in [4.69, 9.17) is 4.42 Å². The minimum absolute atomic E-state index is 0.121. The van der Waals surface area contributed by atoms with Gasteiger partial charge in [0.2, 0.25) is 0 Å².